The second-order valence-electron chi connectivity index (χ2n) is 37.2. The maximum atomic E-state index is 6.78. The predicted molar refractivity (Wildman–Crippen MR) is 622 cm³/mol. The second kappa shape index (κ2) is 37.7. The lowest BCUT2D eigenvalue weighted by molar-refractivity contribution is 0.669. The highest BCUT2D eigenvalue weighted by molar-refractivity contribution is 7.27. The van der Waals surface area contributed by atoms with Gasteiger partial charge in [0.2, 0.25) is 0 Å². The van der Waals surface area contributed by atoms with Crippen molar-refractivity contribution in [3.63, 3.8) is 0 Å². The first-order chi connectivity index (χ1) is 74.3. The molecule has 12 heterocycles. The number of fused-ring (bicyclic) bond motifs is 18. The number of thiophene rings is 3. The third kappa shape index (κ3) is 16.0. The number of hydrogen-bond acceptors (Lipinski definition) is 15. The summed E-state index contributed by atoms with van der Waals surface area (Å²) in [5, 5.41) is 14.2. The zero-order chi connectivity index (χ0) is 99.1. The van der Waals surface area contributed by atoms with Crippen molar-refractivity contribution < 1.29 is 13.3 Å². The Kier molecular flexibility index (Phi) is 22.2. The molecule has 150 heavy (non-hydrogen) atoms. The summed E-state index contributed by atoms with van der Waals surface area (Å²) < 4.78 is 28.0. The van der Waals surface area contributed by atoms with Gasteiger partial charge in [0.05, 0.1) is 39.7 Å². The highest BCUT2D eigenvalue weighted by Gasteiger charge is 2.28. The number of benzene rings is 18. The van der Waals surface area contributed by atoms with Crippen molar-refractivity contribution in [2.45, 2.75) is 0 Å². The van der Waals surface area contributed by atoms with Gasteiger partial charge in [0, 0.05) is 191 Å². The minimum absolute atomic E-state index is 0.617. The van der Waals surface area contributed by atoms with Crippen LogP contribution in [0.15, 0.2) is 505 Å². The number of para-hydroxylation sites is 3. The number of furan rings is 3. The zero-order valence-corrected chi connectivity index (χ0v) is 82.7. The van der Waals surface area contributed by atoms with Crippen LogP contribution in [0.4, 0.5) is 0 Å². The van der Waals surface area contributed by atoms with Crippen molar-refractivity contribution in [3.05, 3.63) is 492 Å². The van der Waals surface area contributed by atoms with E-state index in [1.54, 1.807) is 0 Å². The molecule has 15 heteroatoms. The van der Waals surface area contributed by atoms with Gasteiger partial charge in [0.15, 0.2) is 17.5 Å². The second-order valence-corrected chi connectivity index (χ2v) is 40.3. The van der Waals surface area contributed by atoms with E-state index in [1.165, 1.54) is 77.2 Å². The van der Waals surface area contributed by atoms with Crippen LogP contribution in [0.1, 0.15) is 0 Å². The van der Waals surface area contributed by atoms with Crippen LogP contribution < -0.4 is 0 Å². The van der Waals surface area contributed by atoms with E-state index in [1.807, 2.05) is 199 Å². The van der Waals surface area contributed by atoms with Gasteiger partial charge in [-0.2, -0.15) is 0 Å². The van der Waals surface area contributed by atoms with Crippen LogP contribution in [-0.4, -0.2) is 44.9 Å². The topological polar surface area (TPSA) is 155 Å². The highest BCUT2D eigenvalue weighted by atomic mass is 32.1. The average molecular weight is 1970 g/mol. The summed E-state index contributed by atoms with van der Waals surface area (Å²) in [5.74, 6) is 1.94. The van der Waals surface area contributed by atoms with Crippen LogP contribution >= 0.6 is 34.0 Å². The molecule has 0 saturated carbocycles. The van der Waals surface area contributed by atoms with Gasteiger partial charge in [-0.05, 0) is 171 Å². The Bertz CT molecular complexity index is 10100. The molecule has 0 radical (unpaired) electrons. The first kappa shape index (κ1) is 88.4. The Morgan fingerprint density at radius 1 is 0.153 bits per heavy atom. The molecule has 12 aromatic heterocycles. The average Bonchev–Trinajstić information content (AvgIpc) is 1.57. The Labute approximate surface area is 872 Å². The van der Waals surface area contributed by atoms with Crippen molar-refractivity contribution in [1.82, 2.24) is 44.9 Å². The van der Waals surface area contributed by atoms with Crippen LogP contribution in [0.2, 0.25) is 0 Å². The molecule has 0 aliphatic carbocycles. The van der Waals surface area contributed by atoms with Gasteiger partial charge in [-0.1, -0.05) is 334 Å². The fraction of sp³-hybridized carbons (Fsp3) is 0. The maximum Gasteiger partial charge on any atom is 0.164 e. The van der Waals surface area contributed by atoms with Crippen LogP contribution in [0.25, 0.3) is 295 Å². The molecule has 18 aromatic carbocycles. The summed E-state index contributed by atoms with van der Waals surface area (Å²) in [7, 11) is 0. The lowest BCUT2D eigenvalue weighted by atomic mass is 9.94. The Morgan fingerprint density at radius 2 is 0.413 bits per heavy atom. The molecule has 0 amide bonds. The summed E-state index contributed by atoms with van der Waals surface area (Å²) in [4.78, 5) is 43.7. The molecule has 0 fully saturated rings. The van der Waals surface area contributed by atoms with Crippen LogP contribution in [0, 0.1) is 0 Å². The molecular formula is C135H81N9O3S3. The maximum absolute atomic E-state index is 6.78. The van der Waals surface area contributed by atoms with Crippen LogP contribution in [0.3, 0.4) is 0 Å². The Morgan fingerprint density at radius 3 is 0.807 bits per heavy atom. The molecule has 0 atom stereocenters. The molecule has 30 rings (SSSR count). The van der Waals surface area contributed by atoms with Gasteiger partial charge < -0.3 is 13.3 Å². The highest BCUT2D eigenvalue weighted by Crippen LogP contribution is 2.53. The Balaban J connectivity index is 0.000000108. The standard InChI is InChI=1S/3C45H27N3OS/c1-2-10-29(11-3-1)45-47-38(31-13-8-12-30(26-31)28-22-24-46-25-23-28)27-39(48-45)36-21-20-33(42-37-15-4-6-18-40(37)49-43(36)42)35-17-9-16-34-32-14-5-7-19-41(32)50-44(34)35;1-2-10-29(11-3-1)38-27-39(31-13-8-12-30(26-31)28-22-24-46-25-23-28)48-45(47-38)37-21-20-33(42-36-15-4-6-18-40(36)49-43(37)42)35-17-9-16-34-32-14-5-7-19-41(32)50-44(34)35;1-2-9-30(10-3-1)38-27-39(48-45(47-38)31-19-17-28(18-20-31)29-23-25-46-26-24-29)36-22-21-33(42-37-12-4-6-15-40(37)49-43(36)42)35-14-8-13-34-32-11-5-7-16-41(32)50-44(34)35/h3*1-27H. The Hall–Kier alpha value is -19.3. The number of pyridine rings is 3. The third-order valence-corrected chi connectivity index (χ3v) is 32.0. The fourth-order valence-electron chi connectivity index (χ4n) is 21.2. The quantitative estimate of drug-likeness (QED) is 0.0959. The molecule has 702 valence electrons. The van der Waals surface area contributed by atoms with Gasteiger partial charge in [0.1, 0.15) is 33.5 Å². The van der Waals surface area contributed by atoms with Crippen molar-refractivity contribution in [3.8, 4) is 168 Å². The number of aromatic nitrogens is 9. The molecule has 0 bridgehead atoms. The van der Waals surface area contributed by atoms with Gasteiger partial charge in [-0.15, -0.1) is 34.0 Å². The van der Waals surface area contributed by atoms with E-state index < -0.39 is 0 Å². The fourth-order valence-corrected chi connectivity index (χ4v) is 24.9. The van der Waals surface area contributed by atoms with Crippen molar-refractivity contribution >= 4 is 160 Å². The molecular weight excluding hydrogens is 1890 g/mol. The third-order valence-electron chi connectivity index (χ3n) is 28.3. The lowest BCUT2D eigenvalue weighted by Crippen LogP contribution is -1.97. The lowest BCUT2D eigenvalue weighted by Gasteiger charge is -2.12. The minimum atomic E-state index is 0.617. The van der Waals surface area contributed by atoms with Gasteiger partial charge in [-0.3, -0.25) is 15.0 Å². The van der Waals surface area contributed by atoms with E-state index >= 15 is 0 Å². The number of rotatable bonds is 15. The van der Waals surface area contributed by atoms with Crippen molar-refractivity contribution in [2.75, 3.05) is 0 Å². The largest absolute Gasteiger partial charge is 0.455 e. The monoisotopic (exact) mass is 1970 g/mol. The predicted octanol–water partition coefficient (Wildman–Crippen LogP) is 37.4. The molecule has 0 aliphatic rings. The minimum Gasteiger partial charge on any atom is -0.455 e. The first-order valence-electron chi connectivity index (χ1n) is 49.8. The first-order valence-corrected chi connectivity index (χ1v) is 52.2. The van der Waals surface area contributed by atoms with Gasteiger partial charge >= 0.3 is 0 Å². The van der Waals surface area contributed by atoms with E-state index in [0.29, 0.717) is 17.5 Å². The SMILES string of the molecule is c1ccc(-c2cc(-c3ccc(-c4cccc5c4sc4ccccc45)c4c3oc3ccccc34)nc(-c3ccc(-c4ccncc4)cc3)n2)cc1.c1ccc(-c2cc(-c3cccc(-c4ccncc4)c3)nc(-c3ccc(-c4cccc5c4sc4ccccc45)c4c3oc3ccccc34)n2)cc1.c1ccc(-c2nc(-c3cccc(-c4ccncc4)c3)cc(-c3ccc(-c4cccc5c4sc4ccccc45)c4c3oc3ccccc34)n2)cc1. The van der Waals surface area contributed by atoms with Gasteiger partial charge in [-0.25, -0.2) is 29.9 Å². The summed E-state index contributed by atoms with van der Waals surface area (Å²) in [6.45, 7) is 0. The summed E-state index contributed by atoms with van der Waals surface area (Å²) in [6.07, 6.45) is 10.9. The molecule has 12 nitrogen and oxygen atoms in total. The molecule has 0 aliphatic heterocycles. The molecule has 0 spiro atoms. The molecule has 0 N–H and O–H groups in total. The molecule has 0 unspecified atom stereocenters. The normalized spacial score (nSPS) is 11.6. The van der Waals surface area contributed by atoms with Crippen LogP contribution in [0.5, 0.6) is 0 Å². The molecule has 30 aromatic rings. The van der Waals surface area contributed by atoms with E-state index in [0.717, 1.165) is 200 Å². The number of nitrogens with zero attached hydrogens (tertiary/aromatic N) is 9. The van der Waals surface area contributed by atoms with E-state index in [9.17, 15) is 0 Å². The van der Waals surface area contributed by atoms with Crippen LogP contribution in [-0.2, 0) is 0 Å². The van der Waals surface area contributed by atoms with Crippen molar-refractivity contribution in [1.29, 1.82) is 0 Å². The van der Waals surface area contributed by atoms with Gasteiger partial charge in [0.25, 0.3) is 0 Å². The number of hydrogen-bond donors (Lipinski definition) is 0. The summed E-state index contributed by atoms with van der Waals surface area (Å²) >= 11 is 5.53. The smallest absolute Gasteiger partial charge is 0.164 e. The van der Waals surface area contributed by atoms with E-state index in [4.69, 9.17) is 43.2 Å². The zero-order valence-electron chi connectivity index (χ0n) is 80.2. The van der Waals surface area contributed by atoms with E-state index in [2.05, 4.69) is 343 Å². The summed E-state index contributed by atoms with van der Waals surface area (Å²) in [5.41, 5.74) is 32.3. The molecule has 0 saturated heterocycles. The van der Waals surface area contributed by atoms with E-state index in [-0.39, 0.29) is 0 Å². The van der Waals surface area contributed by atoms with Crippen molar-refractivity contribution in [2.24, 2.45) is 0 Å². The summed E-state index contributed by atoms with van der Waals surface area (Å²) in [6, 6.07) is 159.